The molecule has 0 spiro atoms. The zero-order chi connectivity index (χ0) is 15.5. The number of fused-ring (bicyclic) bond motifs is 1. The lowest BCUT2D eigenvalue weighted by Gasteiger charge is -2.19. The summed E-state index contributed by atoms with van der Waals surface area (Å²) in [6, 6.07) is 7.45. The van der Waals surface area contributed by atoms with Crippen LogP contribution in [0.4, 0.5) is 0 Å². The average molecular weight is 322 g/mol. The molecule has 112 valence electrons. The SMILES string of the molecule is C#CCN(CCC)S(=O)(=O)c1c(CN)sc2ccccc12. The second kappa shape index (κ2) is 6.58. The minimum Gasteiger partial charge on any atom is -0.326 e. The molecule has 0 bridgehead atoms. The van der Waals surface area contributed by atoms with Gasteiger partial charge in [0.05, 0.1) is 6.54 Å². The Morgan fingerprint density at radius 2 is 2.10 bits per heavy atom. The third-order valence-corrected chi connectivity index (χ3v) is 6.44. The van der Waals surface area contributed by atoms with E-state index >= 15 is 0 Å². The van der Waals surface area contributed by atoms with Crippen LogP contribution in [0.1, 0.15) is 18.2 Å². The van der Waals surface area contributed by atoms with Crippen molar-refractivity contribution in [1.82, 2.24) is 4.31 Å². The summed E-state index contributed by atoms with van der Waals surface area (Å²) in [5, 5.41) is 0.723. The Morgan fingerprint density at radius 1 is 1.38 bits per heavy atom. The number of benzene rings is 1. The normalized spacial score (nSPS) is 11.9. The first-order chi connectivity index (χ1) is 10.1. The van der Waals surface area contributed by atoms with Gasteiger partial charge in [-0.3, -0.25) is 0 Å². The van der Waals surface area contributed by atoms with Gasteiger partial charge < -0.3 is 5.73 Å². The molecule has 0 radical (unpaired) electrons. The summed E-state index contributed by atoms with van der Waals surface area (Å²) < 4.78 is 28.2. The summed E-state index contributed by atoms with van der Waals surface area (Å²) in [7, 11) is -3.63. The Bertz CT molecular complexity index is 773. The minimum absolute atomic E-state index is 0.0738. The third kappa shape index (κ3) is 2.97. The molecular weight excluding hydrogens is 304 g/mol. The minimum atomic E-state index is -3.63. The van der Waals surface area contributed by atoms with E-state index in [-0.39, 0.29) is 13.1 Å². The highest BCUT2D eigenvalue weighted by atomic mass is 32.2. The molecule has 0 fully saturated rings. The highest BCUT2D eigenvalue weighted by Crippen LogP contribution is 2.36. The Labute approximate surface area is 129 Å². The molecule has 1 aromatic heterocycles. The Balaban J connectivity index is 2.66. The van der Waals surface area contributed by atoms with Gasteiger partial charge in [0.25, 0.3) is 0 Å². The number of rotatable bonds is 6. The molecule has 0 saturated carbocycles. The van der Waals surface area contributed by atoms with Crippen molar-refractivity contribution in [3.63, 3.8) is 0 Å². The molecule has 0 atom stereocenters. The van der Waals surface area contributed by atoms with E-state index in [4.69, 9.17) is 12.2 Å². The van der Waals surface area contributed by atoms with Gasteiger partial charge in [0.15, 0.2) is 0 Å². The number of nitrogens with two attached hydrogens (primary N) is 1. The van der Waals surface area contributed by atoms with Gasteiger partial charge in [-0.05, 0) is 12.5 Å². The number of hydrogen-bond donors (Lipinski definition) is 1. The number of terminal acetylenes is 1. The van der Waals surface area contributed by atoms with E-state index in [1.54, 1.807) is 0 Å². The molecule has 2 aromatic rings. The van der Waals surface area contributed by atoms with Crippen molar-refractivity contribution < 1.29 is 8.42 Å². The molecule has 0 saturated heterocycles. The average Bonchev–Trinajstić information content (AvgIpc) is 2.86. The van der Waals surface area contributed by atoms with E-state index in [2.05, 4.69) is 5.92 Å². The lowest BCUT2D eigenvalue weighted by molar-refractivity contribution is 0.446. The molecule has 2 rings (SSSR count). The molecule has 0 aliphatic rings. The van der Waals surface area contributed by atoms with Gasteiger partial charge in [-0.1, -0.05) is 31.0 Å². The van der Waals surface area contributed by atoms with Crippen molar-refractivity contribution in [2.24, 2.45) is 5.73 Å². The molecule has 0 aliphatic heterocycles. The van der Waals surface area contributed by atoms with Crippen molar-refractivity contribution in [3.05, 3.63) is 29.1 Å². The van der Waals surface area contributed by atoms with Crippen molar-refractivity contribution in [1.29, 1.82) is 0 Å². The Hall–Kier alpha value is -1.39. The van der Waals surface area contributed by atoms with Crippen LogP contribution in [0.15, 0.2) is 29.2 Å². The summed E-state index contributed by atoms with van der Waals surface area (Å²) in [5.41, 5.74) is 5.75. The molecule has 0 unspecified atom stereocenters. The molecule has 1 heterocycles. The maximum absolute atomic E-state index is 12.9. The second-order valence-corrected chi connectivity index (χ2v) is 7.61. The standard InChI is InChI=1S/C15H18N2O2S2/c1-3-9-17(10-4-2)21(18,19)15-12-7-5-6-8-13(12)20-14(15)11-16/h1,5-8H,4,9-11,16H2,2H3. The fourth-order valence-corrected chi connectivity index (χ4v) is 5.49. The van der Waals surface area contributed by atoms with Gasteiger partial charge in [0.2, 0.25) is 10.0 Å². The highest BCUT2D eigenvalue weighted by Gasteiger charge is 2.29. The zero-order valence-electron chi connectivity index (χ0n) is 11.9. The summed E-state index contributed by atoms with van der Waals surface area (Å²) >= 11 is 1.42. The highest BCUT2D eigenvalue weighted by molar-refractivity contribution is 7.89. The smallest absolute Gasteiger partial charge is 0.245 e. The van der Waals surface area contributed by atoms with Crippen molar-refractivity contribution in [2.75, 3.05) is 13.1 Å². The van der Waals surface area contributed by atoms with E-state index in [0.29, 0.717) is 22.7 Å². The van der Waals surface area contributed by atoms with Gasteiger partial charge in [-0.25, -0.2) is 8.42 Å². The molecule has 21 heavy (non-hydrogen) atoms. The molecule has 6 heteroatoms. The van der Waals surface area contributed by atoms with Crippen LogP contribution in [0.3, 0.4) is 0 Å². The monoisotopic (exact) mass is 322 g/mol. The zero-order valence-corrected chi connectivity index (χ0v) is 13.5. The largest absolute Gasteiger partial charge is 0.326 e. The third-order valence-electron chi connectivity index (χ3n) is 3.14. The van der Waals surface area contributed by atoms with Crippen LogP contribution < -0.4 is 5.73 Å². The maximum Gasteiger partial charge on any atom is 0.245 e. The second-order valence-electron chi connectivity index (χ2n) is 4.60. The number of nitrogens with zero attached hydrogens (tertiary/aromatic N) is 1. The first-order valence-electron chi connectivity index (χ1n) is 6.70. The van der Waals surface area contributed by atoms with Gasteiger partial charge in [0.1, 0.15) is 4.90 Å². The van der Waals surface area contributed by atoms with Crippen LogP contribution in [-0.4, -0.2) is 25.8 Å². The van der Waals surface area contributed by atoms with E-state index in [1.165, 1.54) is 15.6 Å². The molecule has 0 amide bonds. The molecule has 4 nitrogen and oxygen atoms in total. The van der Waals surface area contributed by atoms with Crippen LogP contribution in [0.2, 0.25) is 0 Å². The van der Waals surface area contributed by atoms with Gasteiger partial charge in [0, 0.05) is 28.1 Å². The van der Waals surface area contributed by atoms with Crippen LogP contribution in [0.25, 0.3) is 10.1 Å². The number of thiophene rings is 1. The van der Waals surface area contributed by atoms with Crippen molar-refractivity contribution in [3.8, 4) is 12.3 Å². The Morgan fingerprint density at radius 3 is 2.71 bits per heavy atom. The molecular formula is C15H18N2O2S2. The van der Waals surface area contributed by atoms with Crippen molar-refractivity contribution >= 4 is 31.4 Å². The topological polar surface area (TPSA) is 63.4 Å². The summed E-state index contributed by atoms with van der Waals surface area (Å²) in [4.78, 5) is 0.989. The number of sulfonamides is 1. The van der Waals surface area contributed by atoms with Gasteiger partial charge in [-0.2, -0.15) is 4.31 Å². The van der Waals surface area contributed by atoms with Crippen LogP contribution in [0, 0.1) is 12.3 Å². The predicted molar refractivity (Wildman–Crippen MR) is 87.6 cm³/mol. The molecule has 0 aliphatic carbocycles. The first kappa shape index (κ1) is 16.0. The van der Waals surface area contributed by atoms with Gasteiger partial charge >= 0.3 is 0 Å². The van der Waals surface area contributed by atoms with Gasteiger partial charge in [-0.15, -0.1) is 17.8 Å². The van der Waals surface area contributed by atoms with E-state index in [1.807, 2.05) is 31.2 Å². The lowest BCUT2D eigenvalue weighted by Crippen LogP contribution is -2.32. The van der Waals surface area contributed by atoms with Crippen LogP contribution in [0.5, 0.6) is 0 Å². The van der Waals surface area contributed by atoms with Crippen LogP contribution >= 0.6 is 11.3 Å². The summed E-state index contributed by atoms with van der Waals surface area (Å²) in [6.45, 7) is 2.60. The van der Waals surface area contributed by atoms with E-state index in [0.717, 1.165) is 10.1 Å². The van der Waals surface area contributed by atoms with E-state index in [9.17, 15) is 8.42 Å². The van der Waals surface area contributed by atoms with Crippen molar-refractivity contribution in [2.45, 2.75) is 24.8 Å². The maximum atomic E-state index is 12.9. The Kier molecular flexibility index (Phi) is 5.01. The van der Waals surface area contributed by atoms with E-state index < -0.39 is 10.0 Å². The fraction of sp³-hybridized carbons (Fsp3) is 0.333. The lowest BCUT2D eigenvalue weighted by atomic mass is 10.2. The summed E-state index contributed by atoms with van der Waals surface area (Å²) in [5.74, 6) is 2.43. The first-order valence-corrected chi connectivity index (χ1v) is 8.96. The number of hydrogen-bond acceptors (Lipinski definition) is 4. The quantitative estimate of drug-likeness (QED) is 0.831. The fourth-order valence-electron chi connectivity index (χ4n) is 2.25. The summed E-state index contributed by atoms with van der Waals surface area (Å²) in [6.07, 6.45) is 6.02. The molecule has 2 N–H and O–H groups in total. The molecule has 1 aromatic carbocycles. The van der Waals surface area contributed by atoms with Crippen LogP contribution in [-0.2, 0) is 16.6 Å². The predicted octanol–water partition coefficient (Wildman–Crippen LogP) is 2.39.